The van der Waals surface area contributed by atoms with Gasteiger partial charge in [-0.2, -0.15) is 0 Å². The highest BCUT2D eigenvalue weighted by atomic mass is 79.9. The van der Waals surface area contributed by atoms with Gasteiger partial charge >= 0.3 is 0 Å². The SMILES string of the molecule is Cc1cc(Oc2ccnc(/C(N)=N/O)c2)cc(C)c1Br. The third-order valence-electron chi connectivity index (χ3n) is 2.75. The number of rotatable bonds is 3. The number of hydrogen-bond donors (Lipinski definition) is 2. The number of nitrogens with two attached hydrogens (primary N) is 1. The first-order chi connectivity index (χ1) is 9.51. The maximum Gasteiger partial charge on any atom is 0.188 e. The third kappa shape index (κ3) is 3.08. The van der Waals surface area contributed by atoms with Crippen molar-refractivity contribution in [2.24, 2.45) is 10.9 Å². The molecule has 2 aromatic rings. The average Bonchev–Trinajstić information content (AvgIpc) is 2.44. The van der Waals surface area contributed by atoms with Crippen LogP contribution < -0.4 is 10.5 Å². The molecular weight excluding hydrogens is 322 g/mol. The Bertz CT molecular complexity index is 648. The van der Waals surface area contributed by atoms with Crippen LogP contribution in [0, 0.1) is 13.8 Å². The van der Waals surface area contributed by atoms with Crippen LogP contribution in [0.4, 0.5) is 0 Å². The summed E-state index contributed by atoms with van der Waals surface area (Å²) < 4.78 is 6.84. The van der Waals surface area contributed by atoms with Crippen LogP contribution in [-0.4, -0.2) is 16.0 Å². The van der Waals surface area contributed by atoms with E-state index in [1.54, 1.807) is 18.3 Å². The lowest BCUT2D eigenvalue weighted by atomic mass is 10.1. The molecule has 0 atom stereocenters. The molecule has 5 nitrogen and oxygen atoms in total. The lowest BCUT2D eigenvalue weighted by Crippen LogP contribution is -2.14. The molecule has 1 aromatic heterocycles. The zero-order valence-electron chi connectivity index (χ0n) is 11.1. The normalized spacial score (nSPS) is 11.4. The maximum atomic E-state index is 8.65. The summed E-state index contributed by atoms with van der Waals surface area (Å²) in [5.41, 5.74) is 8.03. The summed E-state index contributed by atoms with van der Waals surface area (Å²) in [5, 5.41) is 11.6. The molecule has 0 aliphatic heterocycles. The van der Waals surface area contributed by atoms with Gasteiger partial charge in [0.15, 0.2) is 5.84 Å². The van der Waals surface area contributed by atoms with Crippen molar-refractivity contribution in [2.75, 3.05) is 0 Å². The number of pyridine rings is 1. The van der Waals surface area contributed by atoms with Crippen molar-refractivity contribution < 1.29 is 9.94 Å². The molecule has 2 rings (SSSR count). The van der Waals surface area contributed by atoms with Crippen LogP contribution in [0.3, 0.4) is 0 Å². The van der Waals surface area contributed by atoms with Crippen molar-refractivity contribution in [1.82, 2.24) is 4.98 Å². The van der Waals surface area contributed by atoms with E-state index in [0.29, 0.717) is 11.4 Å². The van der Waals surface area contributed by atoms with Crippen LogP contribution in [0.1, 0.15) is 16.8 Å². The van der Waals surface area contributed by atoms with E-state index in [9.17, 15) is 0 Å². The van der Waals surface area contributed by atoms with Gasteiger partial charge in [-0.25, -0.2) is 0 Å². The summed E-state index contributed by atoms with van der Waals surface area (Å²) in [7, 11) is 0. The number of oxime groups is 1. The first-order valence-electron chi connectivity index (χ1n) is 5.90. The van der Waals surface area contributed by atoms with E-state index in [-0.39, 0.29) is 5.84 Å². The highest BCUT2D eigenvalue weighted by Crippen LogP contribution is 2.29. The Labute approximate surface area is 125 Å². The highest BCUT2D eigenvalue weighted by Gasteiger charge is 2.07. The lowest BCUT2D eigenvalue weighted by Gasteiger charge is -2.10. The minimum absolute atomic E-state index is 0.0568. The molecule has 0 unspecified atom stereocenters. The van der Waals surface area contributed by atoms with Gasteiger partial charge in [0.1, 0.15) is 17.2 Å². The quantitative estimate of drug-likeness (QED) is 0.390. The molecule has 0 fully saturated rings. The molecule has 0 aliphatic rings. The van der Waals surface area contributed by atoms with Crippen molar-refractivity contribution in [1.29, 1.82) is 0 Å². The van der Waals surface area contributed by atoms with Crippen molar-refractivity contribution in [3.63, 3.8) is 0 Å². The molecule has 0 spiro atoms. The van der Waals surface area contributed by atoms with Crippen molar-refractivity contribution in [3.8, 4) is 11.5 Å². The Hall–Kier alpha value is -2.08. The minimum atomic E-state index is -0.0568. The van der Waals surface area contributed by atoms with Crippen LogP contribution in [0.5, 0.6) is 11.5 Å². The van der Waals surface area contributed by atoms with Crippen molar-refractivity contribution >= 4 is 21.8 Å². The van der Waals surface area contributed by atoms with Crippen LogP contribution in [0.25, 0.3) is 0 Å². The summed E-state index contributed by atoms with van der Waals surface area (Å²) in [5.74, 6) is 1.24. The van der Waals surface area contributed by atoms with E-state index in [2.05, 4.69) is 26.1 Å². The summed E-state index contributed by atoms with van der Waals surface area (Å²) in [6, 6.07) is 7.18. The van der Waals surface area contributed by atoms with E-state index in [0.717, 1.165) is 21.3 Å². The van der Waals surface area contributed by atoms with Crippen LogP contribution in [-0.2, 0) is 0 Å². The molecule has 1 aromatic carbocycles. The van der Waals surface area contributed by atoms with Gasteiger partial charge in [-0.1, -0.05) is 21.1 Å². The Kier molecular flexibility index (Phi) is 4.24. The van der Waals surface area contributed by atoms with E-state index in [1.165, 1.54) is 0 Å². The fourth-order valence-corrected chi connectivity index (χ4v) is 2.00. The monoisotopic (exact) mass is 335 g/mol. The fourth-order valence-electron chi connectivity index (χ4n) is 1.77. The van der Waals surface area contributed by atoms with E-state index >= 15 is 0 Å². The molecular formula is C14H14BrN3O2. The third-order valence-corrected chi connectivity index (χ3v) is 4.00. The summed E-state index contributed by atoms with van der Waals surface area (Å²) >= 11 is 3.51. The standard InChI is InChI=1S/C14H14BrN3O2/c1-8-5-11(6-9(2)13(8)15)20-10-3-4-17-12(7-10)14(16)18-19/h3-7,19H,1-2H3,(H2,16,18). The summed E-state index contributed by atoms with van der Waals surface area (Å²) in [4.78, 5) is 4.00. The minimum Gasteiger partial charge on any atom is -0.457 e. The molecule has 104 valence electrons. The van der Waals surface area contributed by atoms with Crippen LogP contribution in [0.2, 0.25) is 0 Å². The maximum absolute atomic E-state index is 8.65. The molecule has 1 heterocycles. The van der Waals surface area contributed by atoms with Gasteiger partial charge in [0.05, 0.1) is 0 Å². The Balaban J connectivity index is 2.31. The Morgan fingerprint density at radius 1 is 1.25 bits per heavy atom. The molecule has 0 radical (unpaired) electrons. The van der Waals surface area contributed by atoms with E-state index in [4.69, 9.17) is 15.7 Å². The second-order valence-corrected chi connectivity index (χ2v) is 5.13. The predicted octanol–water partition coefficient (Wildman–Crippen LogP) is 3.35. The molecule has 0 aliphatic carbocycles. The van der Waals surface area contributed by atoms with Gasteiger partial charge < -0.3 is 15.7 Å². The number of ether oxygens (including phenoxy) is 1. The summed E-state index contributed by atoms with van der Waals surface area (Å²) in [6.45, 7) is 4.00. The van der Waals surface area contributed by atoms with E-state index in [1.807, 2.05) is 26.0 Å². The summed E-state index contributed by atoms with van der Waals surface area (Å²) in [6.07, 6.45) is 1.54. The van der Waals surface area contributed by atoms with Crippen LogP contribution in [0.15, 0.2) is 40.1 Å². The molecule has 3 N–H and O–H groups in total. The van der Waals surface area contributed by atoms with Gasteiger partial charge in [0, 0.05) is 16.7 Å². The second kappa shape index (κ2) is 5.92. The predicted molar refractivity (Wildman–Crippen MR) is 80.4 cm³/mol. The molecule has 20 heavy (non-hydrogen) atoms. The Morgan fingerprint density at radius 2 is 1.90 bits per heavy atom. The van der Waals surface area contributed by atoms with Gasteiger partial charge in [-0.3, -0.25) is 4.98 Å². The van der Waals surface area contributed by atoms with Gasteiger partial charge in [0.2, 0.25) is 0 Å². The highest BCUT2D eigenvalue weighted by molar-refractivity contribution is 9.10. The van der Waals surface area contributed by atoms with Gasteiger partial charge in [-0.15, -0.1) is 0 Å². The van der Waals surface area contributed by atoms with Gasteiger partial charge in [0.25, 0.3) is 0 Å². The zero-order chi connectivity index (χ0) is 14.7. The number of benzene rings is 1. The number of halogens is 1. The largest absolute Gasteiger partial charge is 0.457 e. The first-order valence-corrected chi connectivity index (χ1v) is 6.69. The second-order valence-electron chi connectivity index (χ2n) is 4.34. The van der Waals surface area contributed by atoms with Crippen molar-refractivity contribution in [2.45, 2.75) is 13.8 Å². The molecule has 6 heteroatoms. The van der Waals surface area contributed by atoms with Gasteiger partial charge in [-0.05, 0) is 43.2 Å². The molecule has 0 saturated heterocycles. The topological polar surface area (TPSA) is 80.7 Å². The average molecular weight is 336 g/mol. The smallest absolute Gasteiger partial charge is 0.188 e. The number of nitrogens with zero attached hydrogens (tertiary/aromatic N) is 2. The van der Waals surface area contributed by atoms with E-state index < -0.39 is 0 Å². The molecule has 0 saturated carbocycles. The molecule has 0 bridgehead atoms. The van der Waals surface area contributed by atoms with Crippen molar-refractivity contribution in [3.05, 3.63) is 51.8 Å². The zero-order valence-corrected chi connectivity index (χ0v) is 12.7. The lowest BCUT2D eigenvalue weighted by molar-refractivity contribution is 0.318. The van der Waals surface area contributed by atoms with Crippen LogP contribution >= 0.6 is 15.9 Å². The number of amidine groups is 1. The fraction of sp³-hybridized carbons (Fsp3) is 0.143. The molecule has 0 amide bonds. The number of hydrogen-bond acceptors (Lipinski definition) is 4. The number of aromatic nitrogens is 1. The first kappa shape index (κ1) is 14.3. The Morgan fingerprint density at radius 3 is 2.50 bits per heavy atom. The number of aryl methyl sites for hydroxylation is 2.